The van der Waals surface area contributed by atoms with Gasteiger partial charge in [0.15, 0.2) is 5.71 Å². The van der Waals surface area contributed by atoms with Crippen LogP contribution < -0.4 is 4.90 Å². The fourth-order valence-electron chi connectivity index (χ4n) is 8.44. The molecule has 0 saturated heterocycles. The molecule has 2 heterocycles. The summed E-state index contributed by atoms with van der Waals surface area (Å²) in [6.07, 6.45) is 12.2. The Labute approximate surface area is 327 Å². The Kier molecular flexibility index (Phi) is 12.2. The molecule has 1 saturated carbocycles. The molecule has 3 aliphatic rings. The largest absolute Gasteiger partial charge is 0.344 e. The topological polar surface area (TPSA) is 127 Å². The number of hydrogen-bond donors (Lipinski definition) is 2. The molecule has 55 heavy (non-hydrogen) atoms. The summed E-state index contributed by atoms with van der Waals surface area (Å²) in [5, 5.41) is 0. The van der Waals surface area contributed by atoms with Gasteiger partial charge >= 0.3 is 0 Å². The number of unbranched alkanes of at least 4 members (excludes halogenated alkanes) is 2. The van der Waals surface area contributed by atoms with Gasteiger partial charge in [0.1, 0.15) is 6.54 Å². The molecule has 3 aromatic carbocycles. The van der Waals surface area contributed by atoms with E-state index >= 15 is 0 Å². The van der Waals surface area contributed by atoms with E-state index in [-0.39, 0.29) is 22.3 Å². The van der Waals surface area contributed by atoms with Gasteiger partial charge < -0.3 is 4.90 Å². The molecule has 1 aliphatic carbocycles. The van der Waals surface area contributed by atoms with E-state index < -0.39 is 20.2 Å². The lowest BCUT2D eigenvalue weighted by molar-refractivity contribution is -0.440. The zero-order valence-corrected chi connectivity index (χ0v) is 34.0. The van der Waals surface area contributed by atoms with Gasteiger partial charge in [0, 0.05) is 47.8 Å². The molecule has 292 valence electrons. The van der Waals surface area contributed by atoms with Crippen molar-refractivity contribution < 1.29 is 30.5 Å². The first kappa shape index (κ1) is 40.5. The van der Waals surface area contributed by atoms with E-state index in [1.54, 1.807) is 0 Å². The quantitative estimate of drug-likeness (QED) is 0.0948. The summed E-state index contributed by atoms with van der Waals surface area (Å²) >= 11 is 0. The second kappa shape index (κ2) is 16.5. The number of aliphatic imine (C=N–C) groups is 1. The average molecular weight is 785 g/mol. The number of benzene rings is 3. The van der Waals surface area contributed by atoms with Crippen molar-refractivity contribution in [3.05, 3.63) is 125 Å². The normalized spacial score (nSPS) is 20.9. The van der Waals surface area contributed by atoms with Gasteiger partial charge in [-0.15, -0.1) is 0 Å². The van der Waals surface area contributed by atoms with Crippen LogP contribution in [0.5, 0.6) is 0 Å². The summed E-state index contributed by atoms with van der Waals surface area (Å²) < 4.78 is 66.8. The van der Waals surface area contributed by atoms with Gasteiger partial charge in [-0.25, -0.2) is 4.99 Å². The van der Waals surface area contributed by atoms with Crippen LogP contribution in [0, 0.1) is 0 Å². The van der Waals surface area contributed by atoms with Crippen molar-refractivity contribution >= 4 is 48.7 Å². The van der Waals surface area contributed by atoms with E-state index in [1.807, 2.05) is 42.5 Å². The molecule has 3 aromatic rings. The van der Waals surface area contributed by atoms with Crippen LogP contribution in [-0.2, 0) is 31.1 Å². The van der Waals surface area contributed by atoms with Crippen molar-refractivity contribution in [3.63, 3.8) is 0 Å². The predicted molar refractivity (Wildman–Crippen MR) is 224 cm³/mol. The van der Waals surface area contributed by atoms with E-state index in [4.69, 9.17) is 4.99 Å². The van der Waals surface area contributed by atoms with Gasteiger partial charge in [0.05, 0.1) is 28.3 Å². The minimum atomic E-state index is -4.02. The van der Waals surface area contributed by atoms with E-state index in [0.717, 1.165) is 53.3 Å². The van der Waals surface area contributed by atoms with Gasteiger partial charge in [-0.2, -0.15) is 21.4 Å². The highest BCUT2D eigenvalue weighted by atomic mass is 32.2. The molecule has 0 radical (unpaired) electrons. The van der Waals surface area contributed by atoms with Crippen LogP contribution in [0.1, 0.15) is 90.2 Å². The van der Waals surface area contributed by atoms with Crippen LogP contribution in [0.25, 0.3) is 0 Å². The summed E-state index contributed by atoms with van der Waals surface area (Å²) in [7, 11) is -8.03. The standard InChI is InChI=1S/C44H53N3O6S2/c1-43(2)36-21-8-10-23-38(36)46(29-12-14-31-54(48,49)50)40(43)27-25-33-17-16-18-34(42(33)45-35-19-6-5-7-20-35)26-28-41-44(3,4)37-22-9-11-24-39(37)47(41)30-13-15-32-55(51,52)53/h5-11,19-27H,12-18,28-32H2,1-4H3,(H-,48,49,50,51,52,53)/p+1. The molecule has 0 spiro atoms. The Bertz CT molecular complexity index is 2290. The highest BCUT2D eigenvalue weighted by Gasteiger charge is 2.44. The van der Waals surface area contributed by atoms with E-state index in [2.05, 4.69) is 91.8 Å². The lowest BCUT2D eigenvalue weighted by atomic mass is 9.79. The van der Waals surface area contributed by atoms with Crippen molar-refractivity contribution in [2.75, 3.05) is 29.5 Å². The molecular formula is C44H54N3O6S2+. The van der Waals surface area contributed by atoms with Gasteiger partial charge in [0.25, 0.3) is 20.2 Å². The average Bonchev–Trinajstić information content (AvgIpc) is 3.48. The van der Waals surface area contributed by atoms with Crippen molar-refractivity contribution in [2.24, 2.45) is 4.99 Å². The Morgan fingerprint density at radius 3 is 2.05 bits per heavy atom. The molecule has 0 aromatic heterocycles. The van der Waals surface area contributed by atoms with E-state index in [0.29, 0.717) is 45.2 Å². The van der Waals surface area contributed by atoms with E-state index in [1.165, 1.54) is 22.4 Å². The Morgan fingerprint density at radius 1 is 0.727 bits per heavy atom. The number of rotatable bonds is 14. The molecule has 2 N–H and O–H groups in total. The fourth-order valence-corrected chi connectivity index (χ4v) is 9.57. The maximum absolute atomic E-state index is 11.4. The molecule has 0 unspecified atom stereocenters. The minimum Gasteiger partial charge on any atom is -0.344 e. The third kappa shape index (κ3) is 9.45. The smallest absolute Gasteiger partial charge is 0.264 e. The Hall–Kier alpha value is -4.16. The minimum absolute atomic E-state index is 0.237. The van der Waals surface area contributed by atoms with Gasteiger partial charge in [-0.3, -0.25) is 9.11 Å². The highest BCUT2D eigenvalue weighted by molar-refractivity contribution is 7.86. The van der Waals surface area contributed by atoms with Crippen LogP contribution in [0.15, 0.2) is 119 Å². The first-order valence-corrected chi connectivity index (χ1v) is 22.5. The van der Waals surface area contributed by atoms with Gasteiger partial charge in [-0.1, -0.05) is 80.6 Å². The third-order valence-electron chi connectivity index (χ3n) is 11.3. The molecule has 1 fully saturated rings. The number of nitrogens with zero attached hydrogens (tertiary/aromatic N) is 3. The first-order valence-electron chi connectivity index (χ1n) is 19.3. The summed E-state index contributed by atoms with van der Waals surface area (Å²) in [6.45, 7) is 10.3. The Morgan fingerprint density at radius 2 is 1.35 bits per heavy atom. The summed E-state index contributed by atoms with van der Waals surface area (Å²) in [5.41, 5.74) is 10.8. The van der Waals surface area contributed by atoms with Crippen LogP contribution in [-0.4, -0.2) is 66.5 Å². The number of fused-ring (bicyclic) bond motifs is 2. The lowest BCUT2D eigenvalue weighted by Gasteiger charge is -2.27. The number of para-hydroxylation sites is 3. The summed E-state index contributed by atoms with van der Waals surface area (Å²) in [4.78, 5) is 7.58. The monoisotopic (exact) mass is 784 g/mol. The summed E-state index contributed by atoms with van der Waals surface area (Å²) in [6, 6.07) is 26.9. The molecule has 0 atom stereocenters. The first-order chi connectivity index (χ1) is 26.1. The highest BCUT2D eigenvalue weighted by Crippen LogP contribution is 2.48. The summed E-state index contributed by atoms with van der Waals surface area (Å²) in [5.74, 6) is -0.497. The van der Waals surface area contributed by atoms with Gasteiger partial charge in [-0.05, 0) is 93.4 Å². The van der Waals surface area contributed by atoms with Crippen LogP contribution in [0.4, 0.5) is 17.1 Å². The van der Waals surface area contributed by atoms with Crippen LogP contribution in [0.2, 0.25) is 0 Å². The Balaban J connectivity index is 1.36. The third-order valence-corrected chi connectivity index (χ3v) is 12.9. The zero-order chi connectivity index (χ0) is 39.4. The van der Waals surface area contributed by atoms with E-state index in [9.17, 15) is 25.9 Å². The maximum atomic E-state index is 11.4. The van der Waals surface area contributed by atoms with Gasteiger partial charge in [0.2, 0.25) is 5.69 Å². The number of allylic oxidation sites excluding steroid dienone is 6. The van der Waals surface area contributed by atoms with Crippen molar-refractivity contribution in [1.82, 2.24) is 0 Å². The van der Waals surface area contributed by atoms with Crippen molar-refractivity contribution in [1.29, 1.82) is 0 Å². The van der Waals surface area contributed by atoms with Crippen molar-refractivity contribution in [3.8, 4) is 0 Å². The molecule has 0 bridgehead atoms. The second-order valence-corrected chi connectivity index (χ2v) is 19.0. The predicted octanol–water partition coefficient (Wildman–Crippen LogP) is 9.28. The molecule has 11 heteroatoms. The number of anilines is 1. The molecule has 2 aliphatic heterocycles. The van der Waals surface area contributed by atoms with Crippen LogP contribution in [0.3, 0.4) is 0 Å². The van der Waals surface area contributed by atoms with Crippen molar-refractivity contribution in [2.45, 2.75) is 89.9 Å². The fraction of sp³-hybridized carbons (Fsp3) is 0.409. The second-order valence-electron chi connectivity index (χ2n) is 15.8. The SMILES string of the molecule is CC1(C)C(=CC=C2CCCC(=CCC3=[N+](CCCCS(=O)(=O)O)c4ccccc4C3(C)C)C2=Nc2ccccc2)N(CCCCS(=O)(=O)O)c2ccccc21. The molecule has 0 amide bonds. The zero-order valence-electron chi connectivity index (χ0n) is 32.4. The lowest BCUT2D eigenvalue weighted by Crippen LogP contribution is -2.29. The molecule has 6 rings (SSSR count). The molecular weight excluding hydrogens is 731 g/mol. The van der Waals surface area contributed by atoms with Crippen LogP contribution >= 0.6 is 0 Å². The number of hydrogen-bond acceptors (Lipinski definition) is 6. The maximum Gasteiger partial charge on any atom is 0.264 e. The molecule has 9 nitrogen and oxygen atoms in total.